The number of aliphatic hydroxyl groups excluding tert-OH is 7. The van der Waals surface area contributed by atoms with E-state index in [0.717, 1.165) is 6.33 Å². The Kier molecular flexibility index (Phi) is 9.28. The van der Waals surface area contributed by atoms with Crippen molar-refractivity contribution in [3.05, 3.63) is 12.7 Å². The number of aromatic nitrogens is 4. The van der Waals surface area contributed by atoms with Crippen LogP contribution in [0, 0.1) is 0 Å². The first-order valence-electron chi connectivity index (χ1n) is 11.6. The number of anilines is 1. The number of hydrogen-bond donors (Lipinski definition) is 10. The molecule has 22 heteroatoms. The molecule has 2 saturated heterocycles. The van der Waals surface area contributed by atoms with Gasteiger partial charge >= 0.3 is 15.2 Å². The zero-order chi connectivity index (χ0) is 29.6. The predicted molar refractivity (Wildman–Crippen MR) is 127 cm³/mol. The Morgan fingerprint density at radius 2 is 1.68 bits per heavy atom. The molecule has 0 saturated carbocycles. The fourth-order valence-electron chi connectivity index (χ4n) is 4.19. The van der Waals surface area contributed by atoms with E-state index in [-0.39, 0.29) is 17.0 Å². The lowest BCUT2D eigenvalue weighted by Gasteiger charge is -2.41. The van der Waals surface area contributed by atoms with Crippen molar-refractivity contribution >= 4 is 32.2 Å². The first-order chi connectivity index (χ1) is 18.7. The Morgan fingerprint density at radius 1 is 0.975 bits per heavy atom. The second kappa shape index (κ2) is 11.9. The van der Waals surface area contributed by atoms with Gasteiger partial charge in [-0.05, 0) is 0 Å². The molecule has 2 aromatic rings. The summed E-state index contributed by atoms with van der Waals surface area (Å²) in [4.78, 5) is 32.1. The van der Waals surface area contributed by atoms with Gasteiger partial charge in [-0.15, -0.1) is 0 Å². The van der Waals surface area contributed by atoms with Crippen LogP contribution < -0.4 is 5.73 Å². The summed E-state index contributed by atoms with van der Waals surface area (Å²) in [7, 11) is -10.2. The minimum absolute atomic E-state index is 0.0467. The third-order valence-electron chi connectivity index (χ3n) is 6.24. The molecule has 0 spiro atoms. The van der Waals surface area contributed by atoms with Gasteiger partial charge in [0.05, 0.1) is 19.5 Å². The molecule has 12 atom stereocenters. The number of nitrogen functional groups attached to an aromatic ring is 1. The third kappa shape index (κ3) is 6.36. The van der Waals surface area contributed by atoms with Crippen molar-refractivity contribution in [2.45, 2.75) is 61.3 Å². The maximum absolute atomic E-state index is 12.6. The quantitative estimate of drug-likeness (QED) is 0.112. The lowest BCUT2D eigenvalue weighted by molar-refractivity contribution is -0.291. The summed E-state index contributed by atoms with van der Waals surface area (Å²) in [6, 6.07) is 0. The van der Waals surface area contributed by atoms with Gasteiger partial charge in [-0.2, -0.15) is 0 Å². The molecule has 2 aliphatic rings. The molecule has 5 unspecified atom stereocenters. The fraction of sp³-hybridized carbons (Fsp3) is 0.722. The predicted octanol–water partition coefficient (Wildman–Crippen LogP) is -4.45. The number of imidazole rings is 1. The summed E-state index contributed by atoms with van der Waals surface area (Å²) < 4.78 is 46.5. The number of hydrogen-bond acceptors (Lipinski definition) is 17. The number of nitrogens with zero attached hydrogens (tertiary/aromatic N) is 4. The van der Waals surface area contributed by atoms with Gasteiger partial charge in [0.2, 0.25) is 0 Å². The zero-order valence-corrected chi connectivity index (χ0v) is 22.1. The van der Waals surface area contributed by atoms with Gasteiger partial charge in [-0.1, -0.05) is 0 Å². The molecule has 40 heavy (non-hydrogen) atoms. The van der Waals surface area contributed by atoms with Crippen molar-refractivity contribution in [1.82, 2.24) is 19.5 Å². The molecule has 2 aromatic heterocycles. The monoisotopic (exact) mass is 617 g/mol. The topological polar surface area (TPSA) is 323 Å². The standard InChI is InChI=1S/C18H29N5O15P2/c19-15-8-16(21-3-20-15)23(4-22-8)17-12(29)9(26)7(36-17)2-35-39(31,32)5-40(33,34)38-18-13(30)10(27)11(28)14(37-18)6(25)1-24/h3-4,6-7,9-14,17-18,24-30H,1-2,5H2,(H,31,32)(H,33,34)(H2,19,20,21)/t6-,7-,9+,10+,11+,12?,13?,14?,17-,18+/m1/s1. The highest BCUT2D eigenvalue weighted by Crippen LogP contribution is 2.59. The number of nitrogens with two attached hydrogens (primary N) is 1. The van der Waals surface area contributed by atoms with E-state index in [9.17, 15) is 49.6 Å². The first kappa shape index (κ1) is 31.2. The lowest BCUT2D eigenvalue weighted by Crippen LogP contribution is -2.61. The highest BCUT2D eigenvalue weighted by molar-refractivity contribution is 7.70. The Hall–Kier alpha value is -1.71. The zero-order valence-electron chi connectivity index (χ0n) is 20.3. The second-order valence-corrected chi connectivity index (χ2v) is 13.3. The highest BCUT2D eigenvalue weighted by atomic mass is 31.2. The van der Waals surface area contributed by atoms with Crippen LogP contribution >= 0.6 is 15.2 Å². The van der Waals surface area contributed by atoms with E-state index in [4.69, 9.17) is 29.4 Å². The molecule has 0 radical (unpaired) electrons. The Bertz CT molecular complexity index is 1290. The molecule has 4 rings (SSSR count). The minimum Gasteiger partial charge on any atom is -0.394 e. The van der Waals surface area contributed by atoms with Crippen LogP contribution in [0.2, 0.25) is 0 Å². The molecule has 226 valence electrons. The van der Waals surface area contributed by atoms with E-state index < -0.39 is 95.7 Å². The smallest absolute Gasteiger partial charge is 0.342 e. The number of aliphatic hydroxyl groups is 7. The van der Waals surface area contributed by atoms with Crippen molar-refractivity contribution in [2.75, 3.05) is 24.9 Å². The van der Waals surface area contributed by atoms with E-state index in [2.05, 4.69) is 15.0 Å². The Labute approximate surface area is 224 Å². The fourth-order valence-corrected chi connectivity index (χ4v) is 7.47. The van der Waals surface area contributed by atoms with E-state index in [1.54, 1.807) is 0 Å². The van der Waals surface area contributed by atoms with Crippen LogP contribution in [-0.4, -0.2) is 139 Å². The summed E-state index contributed by atoms with van der Waals surface area (Å²) >= 11 is 0. The highest BCUT2D eigenvalue weighted by Gasteiger charge is 2.50. The molecule has 2 aliphatic heterocycles. The summed E-state index contributed by atoms with van der Waals surface area (Å²) in [6.45, 7) is -1.79. The normalized spacial score (nSPS) is 36.8. The van der Waals surface area contributed by atoms with Gasteiger partial charge in [-0.25, -0.2) is 15.0 Å². The van der Waals surface area contributed by atoms with Crippen LogP contribution in [0.1, 0.15) is 6.23 Å². The van der Waals surface area contributed by atoms with Crippen molar-refractivity contribution in [1.29, 1.82) is 0 Å². The molecule has 0 bridgehead atoms. The van der Waals surface area contributed by atoms with Crippen LogP contribution in [0.25, 0.3) is 11.2 Å². The molecule has 0 aliphatic carbocycles. The SMILES string of the molecule is Nc1ncnc2c1ncn2[C@@H]1O[C@H](COP(=O)(O)CP(=O)(O)O[C@@H]2OC([C@H](O)CO)[C@@H](O)[C@H](O)C2O)[C@H](O)C1O. The average molecular weight is 617 g/mol. The number of rotatable bonds is 10. The maximum atomic E-state index is 12.6. The van der Waals surface area contributed by atoms with E-state index in [1.165, 1.54) is 10.9 Å². The van der Waals surface area contributed by atoms with Crippen molar-refractivity contribution in [3.8, 4) is 0 Å². The van der Waals surface area contributed by atoms with Crippen LogP contribution in [0.3, 0.4) is 0 Å². The average Bonchev–Trinajstić information content (AvgIpc) is 3.43. The lowest BCUT2D eigenvalue weighted by atomic mass is 9.96. The molecule has 0 aromatic carbocycles. The third-order valence-corrected chi connectivity index (χ3v) is 10.2. The summed E-state index contributed by atoms with van der Waals surface area (Å²) in [5.41, 5.74) is 6.08. The van der Waals surface area contributed by atoms with E-state index >= 15 is 0 Å². The number of fused-ring (bicyclic) bond motifs is 1. The Balaban J connectivity index is 1.38. The van der Waals surface area contributed by atoms with Gasteiger partial charge < -0.3 is 65.3 Å². The van der Waals surface area contributed by atoms with Crippen molar-refractivity contribution in [3.63, 3.8) is 0 Å². The van der Waals surface area contributed by atoms with Crippen molar-refractivity contribution < 1.29 is 73.2 Å². The van der Waals surface area contributed by atoms with Crippen molar-refractivity contribution in [2.24, 2.45) is 0 Å². The largest absolute Gasteiger partial charge is 0.394 e. The van der Waals surface area contributed by atoms with Gasteiger partial charge in [0.1, 0.15) is 60.7 Å². The second-order valence-electron chi connectivity index (χ2n) is 9.14. The maximum Gasteiger partial charge on any atom is 0.342 e. The van der Waals surface area contributed by atoms with Gasteiger partial charge in [0.15, 0.2) is 29.9 Å². The van der Waals surface area contributed by atoms with Gasteiger partial charge in [0.25, 0.3) is 0 Å². The van der Waals surface area contributed by atoms with Gasteiger partial charge in [-0.3, -0.25) is 18.2 Å². The summed E-state index contributed by atoms with van der Waals surface area (Å²) in [5, 5.41) is 69.5. The Morgan fingerprint density at radius 3 is 2.35 bits per heavy atom. The molecule has 20 nitrogen and oxygen atoms in total. The first-order valence-corrected chi connectivity index (χ1v) is 15.1. The van der Waals surface area contributed by atoms with Crippen LogP contribution in [-0.2, 0) is 27.7 Å². The summed E-state index contributed by atoms with van der Waals surface area (Å²) in [6.07, 6.45) is -15.3. The molecule has 4 heterocycles. The molecule has 11 N–H and O–H groups in total. The van der Waals surface area contributed by atoms with Crippen LogP contribution in [0.4, 0.5) is 5.82 Å². The summed E-state index contributed by atoms with van der Waals surface area (Å²) in [5.74, 6) is -1.51. The van der Waals surface area contributed by atoms with Crippen LogP contribution in [0.5, 0.6) is 0 Å². The molecule has 0 amide bonds. The molecular weight excluding hydrogens is 588 g/mol. The molecule has 2 fully saturated rings. The molecular formula is C18H29N5O15P2. The van der Waals surface area contributed by atoms with Crippen LogP contribution in [0.15, 0.2) is 12.7 Å². The number of ether oxygens (including phenoxy) is 2. The van der Waals surface area contributed by atoms with E-state index in [1.807, 2.05) is 0 Å². The van der Waals surface area contributed by atoms with E-state index in [0.29, 0.717) is 0 Å². The minimum atomic E-state index is -5.15. The van der Waals surface area contributed by atoms with Gasteiger partial charge in [0, 0.05) is 0 Å².